The van der Waals surface area contributed by atoms with E-state index in [1.54, 1.807) is 23.6 Å². The Labute approximate surface area is 246 Å². The third-order valence-corrected chi connectivity index (χ3v) is 8.16. The van der Waals surface area contributed by atoms with Gasteiger partial charge in [0.05, 0.1) is 37.5 Å². The molecule has 3 aromatic heterocycles. The number of para-hydroxylation sites is 2. The van der Waals surface area contributed by atoms with Crippen molar-refractivity contribution in [3.63, 3.8) is 0 Å². The summed E-state index contributed by atoms with van der Waals surface area (Å²) < 4.78 is 16.4. The Morgan fingerprint density at radius 3 is 2.48 bits per heavy atom. The van der Waals surface area contributed by atoms with Crippen LogP contribution in [0.3, 0.4) is 0 Å². The minimum absolute atomic E-state index is 0.210. The summed E-state index contributed by atoms with van der Waals surface area (Å²) in [6.45, 7) is 3.92. The van der Waals surface area contributed by atoms with E-state index < -0.39 is 0 Å². The van der Waals surface area contributed by atoms with Crippen molar-refractivity contribution in [3.05, 3.63) is 110 Å². The van der Waals surface area contributed by atoms with Gasteiger partial charge in [0.2, 0.25) is 4.80 Å². The summed E-state index contributed by atoms with van der Waals surface area (Å²) in [6.07, 6.45) is 1.83. The lowest BCUT2D eigenvalue weighted by atomic mass is 10.1. The Hall–Kier alpha value is -5.09. The number of aromatic nitrogens is 4. The van der Waals surface area contributed by atoms with Crippen molar-refractivity contribution in [2.45, 2.75) is 13.8 Å². The van der Waals surface area contributed by atoms with Crippen LogP contribution < -0.4 is 19.8 Å². The first-order valence-electron chi connectivity index (χ1n) is 13.3. The summed E-state index contributed by atoms with van der Waals surface area (Å²) in [7, 11) is 5.11. The van der Waals surface area contributed by atoms with Gasteiger partial charge in [-0.1, -0.05) is 36.4 Å². The number of benzene rings is 3. The number of H-pyrrole nitrogens is 1. The van der Waals surface area contributed by atoms with Gasteiger partial charge in [-0.05, 0) is 50.2 Å². The van der Waals surface area contributed by atoms with E-state index in [1.165, 1.54) is 11.3 Å². The van der Waals surface area contributed by atoms with Crippen molar-refractivity contribution in [2.75, 3.05) is 14.2 Å². The van der Waals surface area contributed by atoms with Crippen molar-refractivity contribution < 1.29 is 9.47 Å². The van der Waals surface area contributed by atoms with Gasteiger partial charge < -0.3 is 14.5 Å². The van der Waals surface area contributed by atoms with E-state index in [0.717, 1.165) is 44.8 Å². The Kier molecular flexibility index (Phi) is 7.13. The maximum atomic E-state index is 13.7. The van der Waals surface area contributed by atoms with E-state index in [4.69, 9.17) is 19.6 Å². The molecule has 0 aliphatic rings. The summed E-state index contributed by atoms with van der Waals surface area (Å²) >= 11 is 1.39. The average molecular weight is 579 g/mol. The van der Waals surface area contributed by atoms with Crippen LogP contribution in [0.4, 0.5) is 5.69 Å². The highest BCUT2D eigenvalue weighted by molar-refractivity contribution is 7.07. The Morgan fingerprint density at radius 2 is 1.71 bits per heavy atom. The maximum absolute atomic E-state index is 13.7. The fourth-order valence-electron chi connectivity index (χ4n) is 5.05. The lowest BCUT2D eigenvalue weighted by molar-refractivity contribution is 0.404. The molecule has 0 aliphatic carbocycles. The van der Waals surface area contributed by atoms with Crippen molar-refractivity contribution in [3.8, 4) is 28.4 Å². The Morgan fingerprint density at radius 1 is 0.952 bits per heavy atom. The molecular formula is C32H30N6O3S. The third kappa shape index (κ3) is 4.65. The number of rotatable bonds is 7. The summed E-state index contributed by atoms with van der Waals surface area (Å²) in [6, 6.07) is 23.3. The predicted molar refractivity (Wildman–Crippen MR) is 168 cm³/mol. The molecule has 0 unspecified atom stereocenters. The monoisotopic (exact) mass is 578 g/mol. The van der Waals surface area contributed by atoms with Crippen LogP contribution in [0.25, 0.3) is 27.8 Å². The molecule has 0 spiro atoms. The average Bonchev–Trinajstić information content (AvgIpc) is 3.63. The molecule has 1 N–H and O–H groups in total. The highest BCUT2D eigenvalue weighted by atomic mass is 32.1. The molecule has 0 fully saturated rings. The first-order chi connectivity index (χ1) is 20.4. The molecule has 0 saturated heterocycles. The van der Waals surface area contributed by atoms with Crippen LogP contribution in [-0.4, -0.2) is 39.5 Å². The van der Waals surface area contributed by atoms with Crippen molar-refractivity contribution in [1.29, 1.82) is 0 Å². The summed E-state index contributed by atoms with van der Waals surface area (Å²) in [5.74, 6) is 1.35. The zero-order chi connectivity index (χ0) is 29.4. The molecule has 0 atom stereocenters. The molecule has 0 radical (unpaired) electrons. The van der Waals surface area contributed by atoms with Crippen LogP contribution in [0.1, 0.15) is 17.0 Å². The zero-order valence-electron chi connectivity index (χ0n) is 24.0. The first-order valence-corrected chi connectivity index (χ1v) is 14.2. The third-order valence-electron chi connectivity index (χ3n) is 7.34. The van der Waals surface area contributed by atoms with Crippen LogP contribution in [0.5, 0.6) is 11.5 Å². The first kappa shape index (κ1) is 27.1. The normalized spacial score (nSPS) is 12.1. The fraction of sp³-hybridized carbons (Fsp3) is 0.156. The number of aromatic amines is 1. The summed E-state index contributed by atoms with van der Waals surface area (Å²) in [4.78, 5) is 22.6. The van der Waals surface area contributed by atoms with Crippen LogP contribution in [0, 0.1) is 13.8 Å². The van der Waals surface area contributed by atoms with Gasteiger partial charge in [-0.15, -0.1) is 11.3 Å². The number of nitrogens with one attached hydrogen (secondary N) is 1. The quantitative estimate of drug-likeness (QED) is 0.238. The second kappa shape index (κ2) is 11.1. The maximum Gasteiger partial charge on any atom is 0.297 e. The second-order valence-corrected chi connectivity index (χ2v) is 10.6. The van der Waals surface area contributed by atoms with E-state index in [0.29, 0.717) is 22.0 Å². The number of hydrogen-bond donors (Lipinski definition) is 1. The molecule has 9 nitrogen and oxygen atoms in total. The second-order valence-electron chi connectivity index (χ2n) is 9.76. The van der Waals surface area contributed by atoms with Crippen LogP contribution in [0.15, 0.2) is 93.1 Å². The van der Waals surface area contributed by atoms with Crippen LogP contribution in [-0.2, 0) is 7.05 Å². The highest BCUT2D eigenvalue weighted by Gasteiger charge is 2.18. The molecule has 6 aromatic rings. The molecule has 3 aromatic carbocycles. The Bertz CT molecular complexity index is 2080. The van der Waals surface area contributed by atoms with E-state index >= 15 is 0 Å². The fourth-order valence-corrected chi connectivity index (χ4v) is 5.88. The number of nitrogens with zero attached hydrogens (tertiary/aromatic N) is 5. The zero-order valence-corrected chi connectivity index (χ0v) is 24.8. The molecule has 0 saturated carbocycles. The number of methoxy groups -OCH3 is 2. The molecule has 3 heterocycles. The molecule has 212 valence electrons. The largest absolute Gasteiger partial charge is 0.497 e. The van der Waals surface area contributed by atoms with E-state index in [2.05, 4.69) is 11.1 Å². The van der Waals surface area contributed by atoms with Gasteiger partial charge in [-0.2, -0.15) is 5.10 Å². The van der Waals surface area contributed by atoms with Gasteiger partial charge in [0.25, 0.3) is 5.56 Å². The van der Waals surface area contributed by atoms with Crippen LogP contribution in [0.2, 0.25) is 0 Å². The van der Waals surface area contributed by atoms with Gasteiger partial charge in [0, 0.05) is 40.2 Å². The topological polar surface area (TPSA) is 90.8 Å². The van der Waals surface area contributed by atoms with Crippen molar-refractivity contribution in [2.24, 2.45) is 17.1 Å². The summed E-state index contributed by atoms with van der Waals surface area (Å²) in [5, 5.41) is 7.98. The van der Waals surface area contributed by atoms with Crippen molar-refractivity contribution >= 4 is 34.1 Å². The minimum atomic E-state index is -0.210. The molecule has 0 amide bonds. The van der Waals surface area contributed by atoms with Gasteiger partial charge in [-0.25, -0.2) is 14.4 Å². The lowest BCUT2D eigenvalue weighted by Crippen LogP contribution is -2.20. The smallest absolute Gasteiger partial charge is 0.297 e. The summed E-state index contributed by atoms with van der Waals surface area (Å²) in [5.41, 5.74) is 6.18. The predicted octanol–water partition coefficient (Wildman–Crippen LogP) is 5.94. The van der Waals surface area contributed by atoms with Gasteiger partial charge in [-0.3, -0.25) is 9.48 Å². The molecule has 0 aliphatic heterocycles. The molecule has 0 bridgehead atoms. The lowest BCUT2D eigenvalue weighted by Gasteiger charge is -2.11. The molecular weight excluding hydrogens is 548 g/mol. The van der Waals surface area contributed by atoms with Gasteiger partial charge in [0.1, 0.15) is 11.5 Å². The molecule has 6 rings (SSSR count). The Balaban J connectivity index is 1.59. The highest BCUT2D eigenvalue weighted by Crippen LogP contribution is 2.34. The number of aryl methyl sites for hydroxylation is 1. The van der Waals surface area contributed by atoms with Gasteiger partial charge >= 0.3 is 0 Å². The molecule has 10 heteroatoms. The standard InChI is InChI=1S/C32H30N6O3S/c1-20-26(24-13-9-10-14-27(24)34-20)18-33-37-28(25-17-23(40-4)15-16-29(25)41-5)19-42-32(37)35-30-21(2)36(3)38(31(30)39)22-11-7-6-8-12-22/h6-19,34H,1-5H3. The molecule has 42 heavy (non-hydrogen) atoms. The number of fused-ring (bicyclic) bond motifs is 1. The number of ether oxygens (including phenoxy) is 2. The van der Waals surface area contributed by atoms with E-state index in [-0.39, 0.29) is 5.56 Å². The van der Waals surface area contributed by atoms with Crippen LogP contribution >= 0.6 is 11.3 Å². The van der Waals surface area contributed by atoms with Gasteiger partial charge in [0.15, 0.2) is 5.69 Å². The SMILES string of the molecule is COc1ccc(OC)c(-c2csc(=Nc3c(C)n(C)n(-c4ccccc4)c3=O)n2N=Cc2c(C)[nH]c3ccccc23)c1. The van der Waals surface area contributed by atoms with E-state index in [9.17, 15) is 4.79 Å². The van der Waals surface area contributed by atoms with Crippen molar-refractivity contribution in [1.82, 2.24) is 19.0 Å². The van der Waals surface area contributed by atoms with E-state index in [1.807, 2.05) is 104 Å². The number of thiazole rings is 1. The number of hydrogen-bond acceptors (Lipinski definition) is 6. The minimum Gasteiger partial charge on any atom is -0.497 e.